The molecule has 0 fully saturated rings. The van der Waals surface area contributed by atoms with Crippen LogP contribution in [0.15, 0.2) is 12.1 Å². The Hall–Kier alpha value is -0.913. The van der Waals surface area contributed by atoms with Crippen LogP contribution in [0.1, 0.15) is 54.2 Å². The third kappa shape index (κ3) is 6.36. The largest absolute Gasteiger partial charge is 0.501 e. The molecule has 5 nitrogen and oxygen atoms in total. The van der Waals surface area contributed by atoms with E-state index >= 15 is 0 Å². The van der Waals surface area contributed by atoms with Crippen LogP contribution in [0.2, 0.25) is 6.04 Å². The summed E-state index contributed by atoms with van der Waals surface area (Å²) in [7, 11) is -4.72. The second-order valence-corrected chi connectivity index (χ2v) is 10.6. The standard InChI is InChI=1S/C19H32O5PSi/c1-7-22-26(23-8-2,24-9-3)12-10-11-25(21)19(20)18-16(5)13-15(4)14-17(18)6/h13-14H,7-12H2,1-6H3/q+1. The zero-order chi connectivity index (χ0) is 19.7. The van der Waals surface area contributed by atoms with Gasteiger partial charge in [0.2, 0.25) is 0 Å². The van der Waals surface area contributed by atoms with Gasteiger partial charge in [0.25, 0.3) is 0 Å². The van der Waals surface area contributed by atoms with Crippen molar-refractivity contribution in [2.24, 2.45) is 0 Å². The maximum atomic E-state index is 12.7. The van der Waals surface area contributed by atoms with E-state index in [0.717, 1.165) is 16.7 Å². The third-order valence-electron chi connectivity index (χ3n) is 4.05. The molecule has 1 atom stereocenters. The van der Waals surface area contributed by atoms with Crippen molar-refractivity contribution in [3.8, 4) is 0 Å². The Balaban J connectivity index is 2.77. The summed E-state index contributed by atoms with van der Waals surface area (Å²) >= 11 is 0. The highest BCUT2D eigenvalue weighted by atomic mass is 31.1. The third-order valence-corrected chi connectivity index (χ3v) is 8.60. The van der Waals surface area contributed by atoms with Crippen molar-refractivity contribution < 1.29 is 22.6 Å². The minimum absolute atomic E-state index is 0.258. The van der Waals surface area contributed by atoms with Gasteiger partial charge in [-0.3, -0.25) is 0 Å². The maximum Gasteiger partial charge on any atom is 0.501 e. The minimum Gasteiger partial charge on any atom is -0.374 e. The van der Waals surface area contributed by atoms with Crippen molar-refractivity contribution in [2.45, 2.75) is 54.0 Å². The van der Waals surface area contributed by atoms with Gasteiger partial charge in [-0.25, -0.2) is 4.79 Å². The quantitative estimate of drug-likeness (QED) is 0.365. The van der Waals surface area contributed by atoms with Gasteiger partial charge in [-0.05, 0) is 59.1 Å². The number of carbonyl (C=O) groups excluding carboxylic acids is 1. The first-order chi connectivity index (χ1) is 12.3. The molecule has 1 aromatic rings. The smallest absolute Gasteiger partial charge is 0.374 e. The monoisotopic (exact) mass is 399 g/mol. The maximum absolute atomic E-state index is 12.7. The normalized spacial score (nSPS) is 12.3. The Morgan fingerprint density at radius 3 is 1.85 bits per heavy atom. The lowest BCUT2D eigenvalue weighted by Crippen LogP contribution is -2.46. The second-order valence-electron chi connectivity index (χ2n) is 6.27. The summed E-state index contributed by atoms with van der Waals surface area (Å²) < 4.78 is 30.0. The van der Waals surface area contributed by atoms with E-state index < -0.39 is 16.6 Å². The lowest BCUT2D eigenvalue weighted by atomic mass is 10.0. The Labute approximate surface area is 159 Å². The highest BCUT2D eigenvalue weighted by molar-refractivity contribution is 7.64. The first kappa shape index (κ1) is 23.1. The van der Waals surface area contributed by atoms with E-state index in [1.54, 1.807) is 0 Å². The summed E-state index contributed by atoms with van der Waals surface area (Å²) in [4.78, 5) is 12.7. The van der Waals surface area contributed by atoms with Crippen LogP contribution in [-0.4, -0.2) is 40.3 Å². The molecule has 0 aliphatic carbocycles. The highest BCUT2D eigenvalue weighted by Gasteiger charge is 2.41. The Morgan fingerprint density at radius 2 is 1.42 bits per heavy atom. The molecule has 0 bridgehead atoms. The van der Waals surface area contributed by atoms with E-state index in [-0.39, 0.29) is 5.52 Å². The van der Waals surface area contributed by atoms with E-state index in [4.69, 9.17) is 13.3 Å². The number of aryl methyl sites for hydroxylation is 3. The topological polar surface area (TPSA) is 61.8 Å². The zero-order valence-corrected chi connectivity index (χ0v) is 18.8. The lowest BCUT2D eigenvalue weighted by molar-refractivity contribution is 0.0712. The van der Waals surface area contributed by atoms with Crippen LogP contribution in [0.5, 0.6) is 0 Å². The van der Waals surface area contributed by atoms with Crippen LogP contribution in [0, 0.1) is 20.8 Å². The van der Waals surface area contributed by atoms with Crippen LogP contribution in [0.25, 0.3) is 0 Å². The number of benzene rings is 1. The summed E-state index contributed by atoms with van der Waals surface area (Å²) in [5.74, 6) is 0. The molecule has 1 rings (SSSR count). The molecule has 0 spiro atoms. The summed E-state index contributed by atoms with van der Waals surface area (Å²) in [5.41, 5.74) is 3.22. The number of hydrogen-bond acceptors (Lipinski definition) is 5. The van der Waals surface area contributed by atoms with Gasteiger partial charge in [0.15, 0.2) is 6.16 Å². The minimum atomic E-state index is -2.75. The van der Waals surface area contributed by atoms with Crippen LogP contribution < -0.4 is 0 Å². The summed E-state index contributed by atoms with van der Waals surface area (Å²) in [6.45, 7) is 13.1. The van der Waals surface area contributed by atoms with Crippen LogP contribution in [0.3, 0.4) is 0 Å². The first-order valence-corrected chi connectivity index (χ1v) is 12.7. The van der Waals surface area contributed by atoms with Gasteiger partial charge in [-0.15, -0.1) is 0 Å². The Kier molecular flexibility index (Phi) is 9.83. The fraction of sp³-hybridized carbons (Fsp3) is 0.632. The Bertz CT molecular complexity index is 592. The SMILES string of the molecule is CCO[Si](CCC[P+](=O)C(=O)c1c(C)cc(C)cc1C)(OCC)OCC. The molecule has 7 heteroatoms. The fourth-order valence-corrected chi connectivity index (χ4v) is 7.34. The lowest BCUT2D eigenvalue weighted by Gasteiger charge is -2.27. The average Bonchev–Trinajstić information content (AvgIpc) is 2.54. The van der Waals surface area contributed by atoms with Crippen molar-refractivity contribution in [1.82, 2.24) is 0 Å². The molecule has 0 heterocycles. The summed E-state index contributed by atoms with van der Waals surface area (Å²) in [6.07, 6.45) is 0.903. The van der Waals surface area contributed by atoms with Crippen molar-refractivity contribution in [3.63, 3.8) is 0 Å². The number of carbonyl (C=O) groups is 1. The van der Waals surface area contributed by atoms with E-state index in [2.05, 4.69) is 0 Å². The van der Waals surface area contributed by atoms with E-state index in [1.807, 2.05) is 53.7 Å². The molecule has 0 saturated carbocycles. The molecule has 0 aliphatic heterocycles. The predicted octanol–water partition coefficient (Wildman–Crippen LogP) is 5.02. The van der Waals surface area contributed by atoms with Crippen molar-refractivity contribution in [2.75, 3.05) is 26.0 Å². The molecule has 0 aromatic heterocycles. The molecule has 0 aliphatic rings. The van der Waals surface area contributed by atoms with Gasteiger partial charge < -0.3 is 13.3 Å². The molecular formula is C19H32O5PSi+. The van der Waals surface area contributed by atoms with Gasteiger partial charge in [0.05, 0.1) is 5.56 Å². The van der Waals surface area contributed by atoms with Crippen LogP contribution in [0.4, 0.5) is 0 Å². The fourth-order valence-electron chi connectivity index (χ4n) is 3.18. The molecule has 0 amide bonds. The number of rotatable bonds is 12. The van der Waals surface area contributed by atoms with Gasteiger partial charge in [0, 0.05) is 25.9 Å². The average molecular weight is 400 g/mol. The van der Waals surface area contributed by atoms with Gasteiger partial charge in [-0.2, -0.15) is 0 Å². The van der Waals surface area contributed by atoms with E-state index in [0.29, 0.717) is 44.0 Å². The molecule has 26 heavy (non-hydrogen) atoms. The molecule has 0 N–H and O–H groups in total. The van der Waals surface area contributed by atoms with Gasteiger partial charge >= 0.3 is 22.1 Å². The van der Waals surface area contributed by atoms with Crippen molar-refractivity contribution in [3.05, 3.63) is 34.4 Å². The molecule has 0 saturated heterocycles. The molecule has 1 unspecified atom stereocenters. The van der Waals surface area contributed by atoms with Crippen molar-refractivity contribution >= 4 is 22.1 Å². The van der Waals surface area contributed by atoms with Gasteiger partial charge in [-0.1, -0.05) is 22.3 Å². The summed E-state index contributed by atoms with van der Waals surface area (Å²) in [6, 6.07) is 4.49. The number of hydrogen-bond donors (Lipinski definition) is 0. The second kappa shape index (κ2) is 11.0. The Morgan fingerprint density at radius 1 is 0.962 bits per heavy atom. The predicted molar refractivity (Wildman–Crippen MR) is 108 cm³/mol. The van der Waals surface area contributed by atoms with Crippen LogP contribution >= 0.6 is 7.80 Å². The van der Waals surface area contributed by atoms with Crippen molar-refractivity contribution in [1.29, 1.82) is 0 Å². The zero-order valence-electron chi connectivity index (χ0n) is 16.9. The summed E-state index contributed by atoms with van der Waals surface area (Å²) in [5, 5.41) is 0. The molecule has 0 radical (unpaired) electrons. The van der Waals surface area contributed by atoms with Crippen LogP contribution in [-0.2, 0) is 17.8 Å². The van der Waals surface area contributed by atoms with E-state index in [9.17, 15) is 9.36 Å². The molecular weight excluding hydrogens is 367 g/mol. The highest BCUT2D eigenvalue weighted by Crippen LogP contribution is 2.33. The van der Waals surface area contributed by atoms with E-state index in [1.165, 1.54) is 0 Å². The molecule has 146 valence electrons. The molecule has 1 aromatic carbocycles. The first-order valence-electron chi connectivity index (χ1n) is 9.28. The van der Waals surface area contributed by atoms with Gasteiger partial charge in [0.1, 0.15) is 0 Å².